The van der Waals surface area contributed by atoms with Crippen LogP contribution in [0.4, 0.5) is 17.6 Å². The van der Waals surface area contributed by atoms with Crippen molar-refractivity contribution >= 4 is 11.6 Å². The molecule has 0 aliphatic rings. The molecule has 0 aliphatic heterocycles. The first-order valence-corrected chi connectivity index (χ1v) is 10.5. The highest BCUT2D eigenvalue weighted by molar-refractivity contribution is 6.30. The maximum Gasteiger partial charge on any atom is 0.345 e. The van der Waals surface area contributed by atoms with E-state index in [2.05, 4.69) is 19.9 Å². The summed E-state index contributed by atoms with van der Waals surface area (Å²) in [6.45, 7) is -9.38. The lowest BCUT2D eigenvalue weighted by atomic mass is 10.0. The minimum absolute atomic E-state index is 0.0507. The number of pyridine rings is 1. The molecular weight excluding hydrogens is 506 g/mol. The van der Waals surface area contributed by atoms with E-state index in [1.807, 2.05) is 6.07 Å². The van der Waals surface area contributed by atoms with Gasteiger partial charge in [0.1, 0.15) is 12.4 Å². The molecule has 1 atom stereocenters. The highest BCUT2D eigenvalue weighted by Gasteiger charge is 2.26. The van der Waals surface area contributed by atoms with Gasteiger partial charge in [-0.1, -0.05) is 11.6 Å². The van der Waals surface area contributed by atoms with Crippen LogP contribution in [-0.2, 0) is 4.74 Å². The third-order valence-corrected chi connectivity index (χ3v) is 5.32. The second-order valence-corrected chi connectivity index (χ2v) is 7.66. The van der Waals surface area contributed by atoms with Crippen molar-refractivity contribution in [3.8, 4) is 28.6 Å². The van der Waals surface area contributed by atoms with Crippen LogP contribution in [0.3, 0.4) is 0 Å². The number of rotatable bonds is 9. The Hall–Kier alpha value is -4.02. The van der Waals surface area contributed by atoms with E-state index in [0.717, 1.165) is 23.4 Å². The summed E-state index contributed by atoms with van der Waals surface area (Å²) in [6, 6.07) is 7.90. The largest absolute Gasteiger partial charge is 0.618 e. The number of alkyl halides is 4. The number of nitrogens with zero attached hydrogens (tertiary/aromatic N) is 7. The number of hydrogen-bond donors (Lipinski definition) is 0. The van der Waals surface area contributed by atoms with Crippen molar-refractivity contribution in [3.63, 3.8) is 0 Å². The van der Waals surface area contributed by atoms with Gasteiger partial charge in [-0.05, 0) is 24.3 Å². The van der Waals surface area contributed by atoms with E-state index in [1.54, 1.807) is 0 Å². The standard InChI is InChI=1S/C22H16ClF4N7O2/c23-16-3-1-13(8-28)17(7-16)14-2-4-19(33(35)11-14)18(5-6-36-22(26)27)32-10-15(9-30-32)20-29-12-31-34(20)21(24)25/h1-4,7,9-12,18,21-22H,5-6H2/t18-/m1/s1/i6D2. The highest BCUT2D eigenvalue weighted by atomic mass is 35.5. The van der Waals surface area contributed by atoms with Gasteiger partial charge in [-0.15, -0.1) is 0 Å². The first-order chi connectivity index (χ1) is 18.0. The minimum atomic E-state index is -3.45. The molecule has 0 spiro atoms. The molecule has 0 N–H and O–H groups in total. The van der Waals surface area contributed by atoms with Crippen LogP contribution in [0.2, 0.25) is 5.02 Å². The smallest absolute Gasteiger partial charge is 0.345 e. The van der Waals surface area contributed by atoms with Gasteiger partial charge in [0.2, 0.25) is 5.69 Å². The third-order valence-electron chi connectivity index (χ3n) is 5.09. The molecule has 1 aromatic carbocycles. The molecule has 3 heterocycles. The van der Waals surface area contributed by atoms with Crippen LogP contribution in [0, 0.1) is 16.5 Å². The lowest BCUT2D eigenvalue weighted by Crippen LogP contribution is -2.36. The fourth-order valence-corrected chi connectivity index (χ4v) is 3.68. The zero-order valence-electron chi connectivity index (χ0n) is 20.0. The van der Waals surface area contributed by atoms with Crippen LogP contribution in [0.25, 0.3) is 22.5 Å². The lowest BCUT2D eigenvalue weighted by molar-refractivity contribution is -0.615. The third kappa shape index (κ3) is 5.29. The highest BCUT2D eigenvalue weighted by Crippen LogP contribution is 2.29. The van der Waals surface area contributed by atoms with Crippen LogP contribution >= 0.6 is 11.6 Å². The molecule has 0 fully saturated rings. The predicted octanol–water partition coefficient (Wildman–Crippen LogP) is 4.58. The molecule has 9 nitrogen and oxygen atoms in total. The van der Waals surface area contributed by atoms with Crippen molar-refractivity contribution in [2.24, 2.45) is 0 Å². The second-order valence-electron chi connectivity index (χ2n) is 7.23. The van der Waals surface area contributed by atoms with Crippen molar-refractivity contribution in [1.29, 1.82) is 5.26 Å². The molecule has 0 bridgehead atoms. The monoisotopic (exact) mass is 523 g/mol. The number of ether oxygens (including phenoxy) is 1. The predicted molar refractivity (Wildman–Crippen MR) is 118 cm³/mol. The number of nitriles is 1. The van der Waals surface area contributed by atoms with Crippen LogP contribution in [-0.4, -0.2) is 37.7 Å². The number of benzene rings is 1. The Labute approximate surface area is 209 Å². The number of hydrogen-bond acceptors (Lipinski definition) is 6. The number of aromatic nitrogens is 6. The summed E-state index contributed by atoms with van der Waals surface area (Å²) in [4.78, 5) is 3.77. The first kappa shape index (κ1) is 22.4. The molecule has 36 heavy (non-hydrogen) atoms. The molecule has 0 aliphatic carbocycles. The zero-order chi connectivity index (χ0) is 27.6. The summed E-state index contributed by atoms with van der Waals surface area (Å²) >= 11 is 6.03. The Kier molecular flexibility index (Phi) is 6.68. The summed E-state index contributed by atoms with van der Waals surface area (Å²) in [5.74, 6) is -0.257. The van der Waals surface area contributed by atoms with Gasteiger partial charge in [0.25, 0.3) is 0 Å². The molecule has 4 rings (SSSR count). The van der Waals surface area contributed by atoms with E-state index in [1.165, 1.54) is 36.5 Å². The zero-order valence-corrected chi connectivity index (χ0v) is 18.7. The molecule has 186 valence electrons. The van der Waals surface area contributed by atoms with E-state index < -0.39 is 32.2 Å². The van der Waals surface area contributed by atoms with E-state index in [0.29, 0.717) is 25.6 Å². The Balaban J connectivity index is 1.78. The van der Waals surface area contributed by atoms with Gasteiger partial charge in [0.15, 0.2) is 12.0 Å². The Bertz CT molecular complexity index is 1490. The molecule has 0 saturated heterocycles. The van der Waals surface area contributed by atoms with E-state index in [4.69, 9.17) is 14.3 Å². The van der Waals surface area contributed by atoms with Crippen molar-refractivity contribution in [2.45, 2.75) is 25.6 Å². The molecular formula is C22H16ClF4N7O2. The lowest BCUT2D eigenvalue weighted by Gasteiger charge is -2.18. The van der Waals surface area contributed by atoms with Gasteiger partial charge < -0.3 is 9.94 Å². The van der Waals surface area contributed by atoms with Crippen molar-refractivity contribution in [1.82, 2.24) is 24.5 Å². The van der Waals surface area contributed by atoms with Gasteiger partial charge in [-0.25, -0.2) is 4.98 Å². The molecule has 3 aromatic heterocycles. The topological polar surface area (TPSA) is 108 Å². The summed E-state index contributed by atoms with van der Waals surface area (Å²) in [6.07, 6.45) is 3.54. The van der Waals surface area contributed by atoms with Gasteiger partial charge in [0.05, 0.1) is 32.7 Å². The maximum atomic E-state index is 13.3. The van der Waals surface area contributed by atoms with Crippen LogP contribution in [0.1, 0.15) is 33.0 Å². The second kappa shape index (κ2) is 10.7. The Morgan fingerprint density at radius 2 is 2.00 bits per heavy atom. The Morgan fingerprint density at radius 3 is 2.69 bits per heavy atom. The van der Waals surface area contributed by atoms with E-state index in [-0.39, 0.29) is 22.6 Å². The van der Waals surface area contributed by atoms with Gasteiger partial charge in [0, 0.05) is 34.8 Å². The van der Waals surface area contributed by atoms with Crippen molar-refractivity contribution in [3.05, 3.63) is 76.7 Å². The Morgan fingerprint density at radius 1 is 1.19 bits per heavy atom. The van der Waals surface area contributed by atoms with Gasteiger partial charge in [-0.3, -0.25) is 4.68 Å². The van der Waals surface area contributed by atoms with Gasteiger partial charge in [-0.2, -0.15) is 42.4 Å². The molecule has 0 amide bonds. The van der Waals surface area contributed by atoms with Gasteiger partial charge >= 0.3 is 13.2 Å². The molecule has 14 heteroatoms. The van der Waals surface area contributed by atoms with Crippen LogP contribution < -0.4 is 4.73 Å². The quantitative estimate of drug-likeness (QED) is 0.180. The fourth-order valence-electron chi connectivity index (χ4n) is 3.51. The van der Waals surface area contributed by atoms with E-state index >= 15 is 0 Å². The van der Waals surface area contributed by atoms with Crippen LogP contribution in [0.5, 0.6) is 0 Å². The average molecular weight is 524 g/mol. The fraction of sp³-hybridized carbons (Fsp3) is 0.227. The van der Waals surface area contributed by atoms with Crippen LogP contribution in [0.15, 0.2) is 55.2 Å². The first-order valence-electron chi connectivity index (χ1n) is 11.1. The SMILES string of the molecule is [2H]C([2H])(C[C@H](c1ccc(-c2cc(Cl)ccc2C#N)c[n+]1[O-])n1cc(-c2ncnn2C(F)F)cn1)OC(F)F. The molecule has 0 unspecified atom stereocenters. The summed E-state index contributed by atoms with van der Waals surface area (Å²) in [5, 5.41) is 30.3. The van der Waals surface area contributed by atoms with Crippen molar-refractivity contribution < 1.29 is 29.8 Å². The molecule has 4 aromatic rings. The summed E-state index contributed by atoms with van der Waals surface area (Å²) in [5.41, 5.74) is 0.812. The van der Waals surface area contributed by atoms with E-state index in [9.17, 15) is 28.0 Å². The molecule has 0 saturated carbocycles. The molecule has 0 radical (unpaired) electrons. The maximum absolute atomic E-state index is 13.3. The minimum Gasteiger partial charge on any atom is -0.618 e. The van der Waals surface area contributed by atoms with Crippen molar-refractivity contribution in [2.75, 3.05) is 6.56 Å². The summed E-state index contributed by atoms with van der Waals surface area (Å²) in [7, 11) is 0. The normalized spacial score (nSPS) is 13.5. The number of halogens is 5. The summed E-state index contributed by atoms with van der Waals surface area (Å²) < 4.78 is 73.8. The average Bonchev–Trinajstić information content (AvgIpc) is 3.52.